The van der Waals surface area contributed by atoms with Gasteiger partial charge in [-0.25, -0.2) is 0 Å². The lowest BCUT2D eigenvalue weighted by atomic mass is 9.95. The average Bonchev–Trinajstić information content (AvgIpc) is 2.07. The molecule has 14 heavy (non-hydrogen) atoms. The summed E-state index contributed by atoms with van der Waals surface area (Å²) in [5.41, 5.74) is 0.364. The van der Waals surface area contributed by atoms with Gasteiger partial charge in [-0.1, -0.05) is 20.8 Å². The van der Waals surface area contributed by atoms with Crippen LogP contribution >= 0.6 is 15.9 Å². The number of rotatable bonds is 1. The smallest absolute Gasteiger partial charge is 0.229 e. The molecule has 0 aliphatic rings. The Morgan fingerprint density at radius 3 is 2.64 bits per heavy atom. The number of hydrogen-bond acceptors (Lipinski definition) is 2. The fraction of sp³-hybridized carbons (Fsp3) is 0.400. The Balaban J connectivity index is 2.80. The van der Waals surface area contributed by atoms with E-state index >= 15 is 0 Å². The SMILES string of the molecule is CC(C)(C)C(=O)Nc1ccncc1Br. The minimum atomic E-state index is -0.386. The Morgan fingerprint density at radius 2 is 2.14 bits per heavy atom. The molecule has 0 aliphatic carbocycles. The van der Waals surface area contributed by atoms with Crippen LogP contribution in [-0.2, 0) is 4.79 Å². The van der Waals surface area contributed by atoms with E-state index in [4.69, 9.17) is 0 Å². The molecule has 0 spiro atoms. The van der Waals surface area contributed by atoms with Gasteiger partial charge in [-0.3, -0.25) is 9.78 Å². The summed E-state index contributed by atoms with van der Waals surface area (Å²) in [4.78, 5) is 15.6. The predicted octanol–water partition coefficient (Wildman–Crippen LogP) is 2.83. The molecule has 3 nitrogen and oxygen atoms in total. The van der Waals surface area contributed by atoms with Crippen molar-refractivity contribution < 1.29 is 4.79 Å². The van der Waals surface area contributed by atoms with Crippen LogP contribution in [0, 0.1) is 5.41 Å². The van der Waals surface area contributed by atoms with Gasteiger partial charge in [0.1, 0.15) is 0 Å². The van der Waals surface area contributed by atoms with Crippen molar-refractivity contribution in [3.63, 3.8) is 0 Å². The summed E-state index contributed by atoms with van der Waals surface area (Å²) in [5.74, 6) is -0.00981. The van der Waals surface area contributed by atoms with Crippen LogP contribution in [0.4, 0.5) is 5.69 Å². The molecule has 1 N–H and O–H groups in total. The molecule has 0 saturated heterocycles. The fourth-order valence-corrected chi connectivity index (χ4v) is 1.14. The van der Waals surface area contributed by atoms with Gasteiger partial charge in [0.25, 0.3) is 0 Å². The summed E-state index contributed by atoms with van der Waals surface area (Å²) in [6, 6.07) is 1.76. The van der Waals surface area contributed by atoms with Crippen LogP contribution in [0.3, 0.4) is 0 Å². The number of anilines is 1. The fourth-order valence-electron chi connectivity index (χ4n) is 0.786. The van der Waals surface area contributed by atoms with Gasteiger partial charge in [0.2, 0.25) is 5.91 Å². The minimum absolute atomic E-state index is 0.00981. The van der Waals surface area contributed by atoms with Crippen molar-refractivity contribution in [3.8, 4) is 0 Å². The van der Waals surface area contributed by atoms with E-state index in [2.05, 4.69) is 26.2 Å². The molecule has 1 aromatic rings. The van der Waals surface area contributed by atoms with Crippen molar-refractivity contribution in [2.45, 2.75) is 20.8 Å². The Labute approximate surface area is 92.1 Å². The standard InChI is InChI=1S/C10H13BrN2O/c1-10(2,3)9(14)13-8-4-5-12-6-7(8)11/h4-6H,1-3H3,(H,12,13,14). The quantitative estimate of drug-likeness (QED) is 0.840. The van der Waals surface area contributed by atoms with E-state index < -0.39 is 0 Å². The van der Waals surface area contributed by atoms with Gasteiger partial charge in [-0.2, -0.15) is 0 Å². The van der Waals surface area contributed by atoms with Gasteiger partial charge >= 0.3 is 0 Å². The van der Waals surface area contributed by atoms with E-state index in [0.29, 0.717) is 0 Å². The molecule has 0 aromatic carbocycles. The molecular weight excluding hydrogens is 244 g/mol. The molecule has 1 aromatic heterocycles. The molecule has 1 amide bonds. The maximum atomic E-state index is 11.6. The van der Waals surface area contributed by atoms with E-state index in [0.717, 1.165) is 10.2 Å². The molecule has 0 saturated carbocycles. The lowest BCUT2D eigenvalue weighted by molar-refractivity contribution is -0.123. The lowest BCUT2D eigenvalue weighted by Gasteiger charge is -2.18. The summed E-state index contributed by atoms with van der Waals surface area (Å²) in [6.45, 7) is 5.62. The summed E-state index contributed by atoms with van der Waals surface area (Å²) in [7, 11) is 0. The summed E-state index contributed by atoms with van der Waals surface area (Å²) in [6.07, 6.45) is 3.29. The second kappa shape index (κ2) is 4.09. The lowest BCUT2D eigenvalue weighted by Crippen LogP contribution is -2.27. The molecule has 1 heterocycles. The maximum absolute atomic E-state index is 11.6. The first-order valence-corrected chi connectivity index (χ1v) is 5.11. The van der Waals surface area contributed by atoms with Crippen molar-refractivity contribution in [3.05, 3.63) is 22.9 Å². The molecule has 0 bridgehead atoms. The number of nitrogens with zero attached hydrogens (tertiary/aromatic N) is 1. The molecule has 0 atom stereocenters. The second-order valence-corrected chi connectivity index (χ2v) is 4.91. The zero-order chi connectivity index (χ0) is 10.8. The minimum Gasteiger partial charge on any atom is -0.325 e. The zero-order valence-electron chi connectivity index (χ0n) is 8.47. The van der Waals surface area contributed by atoms with E-state index in [1.165, 1.54) is 0 Å². The summed E-state index contributed by atoms with van der Waals surface area (Å²) in [5, 5.41) is 2.82. The van der Waals surface area contributed by atoms with E-state index in [1.807, 2.05) is 20.8 Å². The van der Waals surface area contributed by atoms with Crippen LogP contribution in [0.5, 0.6) is 0 Å². The third-order valence-corrected chi connectivity index (χ3v) is 2.33. The van der Waals surface area contributed by atoms with Crippen LogP contribution in [0.15, 0.2) is 22.9 Å². The average molecular weight is 257 g/mol. The number of pyridine rings is 1. The van der Waals surface area contributed by atoms with Gasteiger partial charge < -0.3 is 5.32 Å². The van der Waals surface area contributed by atoms with Crippen molar-refractivity contribution in [2.24, 2.45) is 5.41 Å². The number of halogens is 1. The highest BCUT2D eigenvalue weighted by Gasteiger charge is 2.21. The number of amides is 1. The number of aromatic nitrogens is 1. The maximum Gasteiger partial charge on any atom is 0.229 e. The first-order chi connectivity index (χ1) is 6.41. The van der Waals surface area contributed by atoms with E-state index in [9.17, 15) is 4.79 Å². The van der Waals surface area contributed by atoms with E-state index in [-0.39, 0.29) is 11.3 Å². The summed E-state index contributed by atoms with van der Waals surface area (Å²) >= 11 is 3.31. The van der Waals surface area contributed by atoms with Crippen LogP contribution in [-0.4, -0.2) is 10.9 Å². The summed E-state index contributed by atoms with van der Waals surface area (Å²) < 4.78 is 0.789. The van der Waals surface area contributed by atoms with Crippen molar-refractivity contribution in [1.82, 2.24) is 4.98 Å². The van der Waals surface area contributed by atoms with Gasteiger partial charge in [0.05, 0.1) is 10.2 Å². The van der Waals surface area contributed by atoms with Crippen molar-refractivity contribution >= 4 is 27.5 Å². The molecule has 0 fully saturated rings. The normalized spacial score (nSPS) is 11.1. The van der Waals surface area contributed by atoms with Crippen LogP contribution in [0.25, 0.3) is 0 Å². The number of carbonyl (C=O) groups is 1. The first-order valence-electron chi connectivity index (χ1n) is 4.32. The van der Waals surface area contributed by atoms with E-state index in [1.54, 1.807) is 18.5 Å². The van der Waals surface area contributed by atoms with Gasteiger partial charge in [0.15, 0.2) is 0 Å². The molecule has 1 rings (SSSR count). The van der Waals surface area contributed by atoms with Crippen molar-refractivity contribution in [1.29, 1.82) is 0 Å². The molecule has 0 aliphatic heterocycles. The molecule has 76 valence electrons. The second-order valence-electron chi connectivity index (χ2n) is 4.06. The third kappa shape index (κ3) is 2.80. The van der Waals surface area contributed by atoms with Crippen molar-refractivity contribution in [2.75, 3.05) is 5.32 Å². The zero-order valence-corrected chi connectivity index (χ0v) is 10.1. The highest BCUT2D eigenvalue weighted by molar-refractivity contribution is 9.10. The van der Waals surface area contributed by atoms with Crippen LogP contribution in [0.2, 0.25) is 0 Å². The van der Waals surface area contributed by atoms with Gasteiger partial charge in [-0.15, -0.1) is 0 Å². The Bertz CT molecular complexity index is 344. The molecular formula is C10H13BrN2O. The highest BCUT2D eigenvalue weighted by atomic mass is 79.9. The predicted molar refractivity (Wildman–Crippen MR) is 60.0 cm³/mol. The Kier molecular flexibility index (Phi) is 3.26. The first kappa shape index (κ1) is 11.2. The topological polar surface area (TPSA) is 42.0 Å². The van der Waals surface area contributed by atoms with Crippen LogP contribution < -0.4 is 5.32 Å². The van der Waals surface area contributed by atoms with Gasteiger partial charge in [0, 0.05) is 17.8 Å². The van der Waals surface area contributed by atoms with Crippen LogP contribution in [0.1, 0.15) is 20.8 Å². The monoisotopic (exact) mass is 256 g/mol. The van der Waals surface area contributed by atoms with Gasteiger partial charge in [-0.05, 0) is 22.0 Å². The Morgan fingerprint density at radius 1 is 1.50 bits per heavy atom. The number of carbonyl (C=O) groups excluding carboxylic acids is 1. The number of nitrogens with one attached hydrogen (secondary N) is 1. The molecule has 4 heteroatoms. The molecule has 0 radical (unpaired) electrons. The Hall–Kier alpha value is -0.900. The number of hydrogen-bond donors (Lipinski definition) is 1. The largest absolute Gasteiger partial charge is 0.325 e. The molecule has 0 unspecified atom stereocenters. The highest BCUT2D eigenvalue weighted by Crippen LogP contribution is 2.23. The third-order valence-electron chi connectivity index (χ3n) is 1.70.